The number of hydrogen-bond acceptors (Lipinski definition) is 3. The average molecular weight is 267 g/mol. The van der Waals surface area contributed by atoms with E-state index in [1.807, 2.05) is 6.92 Å². The van der Waals surface area contributed by atoms with Crippen molar-refractivity contribution in [3.05, 3.63) is 17.5 Å². The van der Waals surface area contributed by atoms with Crippen molar-refractivity contribution in [3.63, 3.8) is 0 Å². The van der Waals surface area contributed by atoms with Crippen molar-refractivity contribution in [1.82, 2.24) is 15.1 Å². The number of aryl methyl sites for hydroxylation is 2. The molecule has 1 aromatic heterocycles. The van der Waals surface area contributed by atoms with Crippen LogP contribution in [0.1, 0.15) is 45.0 Å². The molecule has 0 atom stereocenters. The monoisotopic (exact) mass is 267 g/mol. The Kier molecular flexibility index (Phi) is 8.50. The molecule has 19 heavy (non-hydrogen) atoms. The third kappa shape index (κ3) is 6.21. The fourth-order valence-electron chi connectivity index (χ4n) is 2.07. The van der Waals surface area contributed by atoms with Crippen molar-refractivity contribution in [2.45, 2.75) is 53.0 Å². The third-order valence-corrected chi connectivity index (χ3v) is 3.24. The minimum atomic E-state index is 0.826. The zero-order chi connectivity index (χ0) is 13.9. The second-order valence-corrected chi connectivity index (χ2v) is 4.71. The molecule has 1 heterocycles. The molecule has 0 aliphatic rings. The summed E-state index contributed by atoms with van der Waals surface area (Å²) in [6.45, 7) is 11.1. The number of nitrogens with zero attached hydrogens (tertiary/aromatic N) is 2. The summed E-state index contributed by atoms with van der Waals surface area (Å²) in [5.41, 5.74) is 2.54. The largest absolute Gasteiger partial charge is 0.382 e. The Bertz CT molecular complexity index is 336. The predicted octanol–water partition coefficient (Wildman–Crippen LogP) is 2.41. The first-order chi connectivity index (χ1) is 9.31. The van der Waals surface area contributed by atoms with Crippen molar-refractivity contribution >= 4 is 0 Å². The van der Waals surface area contributed by atoms with Gasteiger partial charge in [0.1, 0.15) is 0 Å². The molecule has 0 amide bonds. The standard InChI is InChI=1S/C15H29N3O/c1-4-14-13-15(5-2)18(17-14)11-10-16-9-7-8-12-19-6-3/h13,16H,4-12H2,1-3H3. The summed E-state index contributed by atoms with van der Waals surface area (Å²) in [5, 5.41) is 8.09. The Hall–Kier alpha value is -0.870. The van der Waals surface area contributed by atoms with Gasteiger partial charge in [0.25, 0.3) is 0 Å². The molecule has 0 unspecified atom stereocenters. The third-order valence-electron chi connectivity index (χ3n) is 3.24. The average Bonchev–Trinajstić information content (AvgIpc) is 2.84. The van der Waals surface area contributed by atoms with Gasteiger partial charge >= 0.3 is 0 Å². The van der Waals surface area contributed by atoms with Crippen LogP contribution in [0.25, 0.3) is 0 Å². The van der Waals surface area contributed by atoms with Crippen LogP contribution in [0, 0.1) is 0 Å². The van der Waals surface area contributed by atoms with Gasteiger partial charge in [0, 0.05) is 25.5 Å². The molecule has 4 heteroatoms. The van der Waals surface area contributed by atoms with E-state index in [1.54, 1.807) is 0 Å². The van der Waals surface area contributed by atoms with Crippen molar-refractivity contribution in [2.75, 3.05) is 26.3 Å². The Morgan fingerprint density at radius 2 is 2.00 bits per heavy atom. The Labute approximate surface area is 117 Å². The first-order valence-corrected chi connectivity index (χ1v) is 7.65. The van der Waals surface area contributed by atoms with E-state index < -0.39 is 0 Å². The van der Waals surface area contributed by atoms with E-state index in [9.17, 15) is 0 Å². The molecule has 0 spiro atoms. The van der Waals surface area contributed by atoms with Gasteiger partial charge in [-0.15, -0.1) is 0 Å². The molecule has 1 N–H and O–H groups in total. The van der Waals surface area contributed by atoms with Crippen molar-refractivity contribution in [2.24, 2.45) is 0 Å². The van der Waals surface area contributed by atoms with Crippen LogP contribution in [0.4, 0.5) is 0 Å². The van der Waals surface area contributed by atoms with Gasteiger partial charge in [0.15, 0.2) is 0 Å². The van der Waals surface area contributed by atoms with Crippen LogP contribution in [0.5, 0.6) is 0 Å². The van der Waals surface area contributed by atoms with E-state index >= 15 is 0 Å². The first-order valence-electron chi connectivity index (χ1n) is 7.65. The van der Waals surface area contributed by atoms with Gasteiger partial charge in [-0.2, -0.15) is 5.10 Å². The Morgan fingerprint density at radius 3 is 2.68 bits per heavy atom. The first kappa shape index (κ1) is 16.2. The summed E-state index contributed by atoms with van der Waals surface area (Å²) in [5.74, 6) is 0. The van der Waals surface area contributed by atoms with E-state index in [-0.39, 0.29) is 0 Å². The number of ether oxygens (including phenoxy) is 1. The summed E-state index contributed by atoms with van der Waals surface area (Å²) in [6, 6.07) is 2.22. The molecule has 4 nitrogen and oxygen atoms in total. The molecule has 0 radical (unpaired) electrons. The zero-order valence-corrected chi connectivity index (χ0v) is 12.7. The second kappa shape index (κ2) is 9.98. The van der Waals surface area contributed by atoms with E-state index in [1.165, 1.54) is 17.8 Å². The number of unbranched alkanes of at least 4 members (excludes halogenated alkanes) is 1. The highest BCUT2D eigenvalue weighted by atomic mass is 16.5. The SMILES string of the molecule is CCOCCCCNCCn1nc(CC)cc1CC. The van der Waals surface area contributed by atoms with Crippen LogP contribution in [0.3, 0.4) is 0 Å². The van der Waals surface area contributed by atoms with Gasteiger partial charge in [-0.25, -0.2) is 0 Å². The lowest BCUT2D eigenvalue weighted by Gasteiger charge is -2.07. The van der Waals surface area contributed by atoms with Gasteiger partial charge in [0.2, 0.25) is 0 Å². The number of aromatic nitrogens is 2. The lowest BCUT2D eigenvalue weighted by Crippen LogP contribution is -2.22. The quantitative estimate of drug-likeness (QED) is 0.626. The Morgan fingerprint density at radius 1 is 1.16 bits per heavy atom. The molecule has 0 saturated carbocycles. The van der Waals surface area contributed by atoms with Gasteiger partial charge in [-0.05, 0) is 45.2 Å². The normalized spacial score (nSPS) is 11.1. The van der Waals surface area contributed by atoms with E-state index in [0.717, 1.165) is 52.1 Å². The molecule has 0 aromatic carbocycles. The van der Waals surface area contributed by atoms with Gasteiger partial charge in [0.05, 0.1) is 12.2 Å². The summed E-state index contributed by atoms with van der Waals surface area (Å²) >= 11 is 0. The molecule has 0 aliphatic carbocycles. The molecule has 0 saturated heterocycles. The number of hydrogen-bond donors (Lipinski definition) is 1. The van der Waals surface area contributed by atoms with E-state index in [2.05, 4.69) is 35.0 Å². The highest BCUT2D eigenvalue weighted by molar-refractivity contribution is 5.10. The summed E-state index contributed by atoms with van der Waals surface area (Å²) in [6.07, 6.45) is 4.40. The minimum absolute atomic E-state index is 0.826. The molecule has 0 fully saturated rings. The topological polar surface area (TPSA) is 39.1 Å². The van der Waals surface area contributed by atoms with E-state index in [4.69, 9.17) is 4.74 Å². The van der Waals surface area contributed by atoms with Crippen LogP contribution >= 0.6 is 0 Å². The molecular weight excluding hydrogens is 238 g/mol. The zero-order valence-electron chi connectivity index (χ0n) is 12.7. The molecular formula is C15H29N3O. The van der Waals surface area contributed by atoms with Crippen molar-refractivity contribution in [1.29, 1.82) is 0 Å². The lowest BCUT2D eigenvalue weighted by molar-refractivity contribution is 0.143. The minimum Gasteiger partial charge on any atom is -0.382 e. The maximum Gasteiger partial charge on any atom is 0.0624 e. The highest BCUT2D eigenvalue weighted by Gasteiger charge is 2.04. The van der Waals surface area contributed by atoms with Gasteiger partial charge in [-0.3, -0.25) is 4.68 Å². The molecule has 1 rings (SSSR count). The molecule has 110 valence electrons. The smallest absolute Gasteiger partial charge is 0.0624 e. The van der Waals surface area contributed by atoms with Crippen molar-refractivity contribution < 1.29 is 4.74 Å². The van der Waals surface area contributed by atoms with Gasteiger partial charge in [-0.1, -0.05) is 13.8 Å². The summed E-state index contributed by atoms with van der Waals surface area (Å²) < 4.78 is 7.46. The second-order valence-electron chi connectivity index (χ2n) is 4.71. The van der Waals surface area contributed by atoms with Crippen LogP contribution in [-0.2, 0) is 24.1 Å². The highest BCUT2D eigenvalue weighted by Crippen LogP contribution is 2.05. The van der Waals surface area contributed by atoms with Crippen LogP contribution < -0.4 is 5.32 Å². The number of nitrogens with one attached hydrogen (secondary N) is 1. The van der Waals surface area contributed by atoms with E-state index in [0.29, 0.717) is 0 Å². The maximum atomic E-state index is 5.31. The molecule has 1 aromatic rings. The van der Waals surface area contributed by atoms with Crippen LogP contribution in [-0.4, -0.2) is 36.1 Å². The lowest BCUT2D eigenvalue weighted by atomic mass is 10.2. The molecule has 0 aliphatic heterocycles. The van der Waals surface area contributed by atoms with Crippen molar-refractivity contribution in [3.8, 4) is 0 Å². The van der Waals surface area contributed by atoms with Gasteiger partial charge < -0.3 is 10.1 Å². The van der Waals surface area contributed by atoms with Crippen LogP contribution in [0.2, 0.25) is 0 Å². The fraction of sp³-hybridized carbons (Fsp3) is 0.800. The predicted molar refractivity (Wildman–Crippen MR) is 79.6 cm³/mol. The molecule has 0 bridgehead atoms. The van der Waals surface area contributed by atoms with Crippen LogP contribution in [0.15, 0.2) is 6.07 Å². The maximum absolute atomic E-state index is 5.31. The number of rotatable bonds is 11. The Balaban J connectivity index is 2.13. The fourth-order valence-corrected chi connectivity index (χ4v) is 2.07. The summed E-state index contributed by atoms with van der Waals surface area (Å²) in [4.78, 5) is 0. The summed E-state index contributed by atoms with van der Waals surface area (Å²) in [7, 11) is 0.